The predicted molar refractivity (Wildman–Crippen MR) is 96.5 cm³/mol. The van der Waals surface area contributed by atoms with Gasteiger partial charge in [-0.25, -0.2) is 9.97 Å². The van der Waals surface area contributed by atoms with E-state index in [4.69, 9.17) is 0 Å². The number of carbonyl (C=O) groups is 1. The van der Waals surface area contributed by atoms with Gasteiger partial charge in [0.2, 0.25) is 11.9 Å². The van der Waals surface area contributed by atoms with Crippen LogP contribution in [0.2, 0.25) is 0 Å². The normalized spacial score (nSPS) is 30.8. The van der Waals surface area contributed by atoms with Gasteiger partial charge in [0.15, 0.2) is 0 Å². The van der Waals surface area contributed by atoms with Crippen molar-refractivity contribution in [3.05, 3.63) is 18.0 Å². The topological polar surface area (TPSA) is 55.8 Å². The van der Waals surface area contributed by atoms with Crippen LogP contribution in [0.3, 0.4) is 0 Å². The second kappa shape index (κ2) is 6.53. The van der Waals surface area contributed by atoms with Crippen LogP contribution >= 0.6 is 0 Å². The molecule has 0 spiro atoms. The van der Waals surface area contributed by atoms with Crippen LogP contribution in [0, 0.1) is 12.8 Å². The van der Waals surface area contributed by atoms with E-state index < -0.39 is 0 Å². The summed E-state index contributed by atoms with van der Waals surface area (Å²) in [6.45, 7) is 7.55. The monoisotopic (exact) mass is 344 g/mol. The molecular formula is C18H28N6O. The summed E-state index contributed by atoms with van der Waals surface area (Å²) >= 11 is 0. The average Bonchev–Trinajstić information content (AvgIpc) is 3.15. The molecule has 4 rings (SSSR count). The van der Waals surface area contributed by atoms with Crippen LogP contribution in [0.1, 0.15) is 12.0 Å². The molecule has 7 nitrogen and oxygen atoms in total. The smallest absolute Gasteiger partial charge is 0.240 e. The fraction of sp³-hybridized carbons (Fsp3) is 0.722. The van der Waals surface area contributed by atoms with E-state index in [1.54, 1.807) is 0 Å². The lowest BCUT2D eigenvalue weighted by atomic mass is 10.0. The standard InChI is InChI=1S/C18H28N6O/c1-13-9-19-18(20-10-13)24-11-14-8-15(22(3)16(14)12-24)17(25)23-6-4-21(2)5-7-23/h9-10,14-16H,4-8,11-12H2,1-3H3/t14-,15-,16+/m0/s1. The van der Waals surface area contributed by atoms with E-state index in [1.807, 2.05) is 19.3 Å². The molecule has 0 radical (unpaired) electrons. The first-order valence-electron chi connectivity index (χ1n) is 9.26. The first kappa shape index (κ1) is 16.7. The van der Waals surface area contributed by atoms with Crippen molar-refractivity contribution < 1.29 is 4.79 Å². The highest BCUT2D eigenvalue weighted by atomic mass is 16.2. The number of nitrogens with zero attached hydrogens (tertiary/aromatic N) is 6. The number of carbonyl (C=O) groups excluding carboxylic acids is 1. The number of rotatable bonds is 2. The van der Waals surface area contributed by atoms with Gasteiger partial charge in [0.25, 0.3) is 0 Å². The molecule has 0 unspecified atom stereocenters. The minimum Gasteiger partial charge on any atom is -0.339 e. The second-order valence-corrected chi connectivity index (χ2v) is 7.84. The van der Waals surface area contributed by atoms with Crippen LogP contribution in [-0.4, -0.2) is 96.0 Å². The Morgan fingerprint density at radius 1 is 1.08 bits per heavy atom. The molecule has 3 fully saturated rings. The SMILES string of the molecule is Cc1cnc(N2C[C@@H]3C[C@@H](C(=O)N4CCN(C)CC4)N(C)[C@@H]3C2)nc1. The first-order valence-corrected chi connectivity index (χ1v) is 9.26. The maximum atomic E-state index is 13.0. The van der Waals surface area contributed by atoms with Crippen LogP contribution in [-0.2, 0) is 4.79 Å². The molecule has 1 aromatic heterocycles. The molecule has 0 bridgehead atoms. The maximum Gasteiger partial charge on any atom is 0.240 e. The number of anilines is 1. The van der Waals surface area contributed by atoms with E-state index in [0.29, 0.717) is 17.9 Å². The molecule has 0 N–H and O–H groups in total. The average molecular weight is 344 g/mol. The number of fused-ring (bicyclic) bond motifs is 1. The molecule has 0 saturated carbocycles. The van der Waals surface area contributed by atoms with Crippen molar-refractivity contribution in [2.75, 3.05) is 58.3 Å². The highest BCUT2D eigenvalue weighted by Gasteiger charge is 2.48. The molecular weight excluding hydrogens is 316 g/mol. The molecule has 1 aromatic rings. The van der Waals surface area contributed by atoms with Crippen LogP contribution in [0.15, 0.2) is 12.4 Å². The summed E-state index contributed by atoms with van der Waals surface area (Å²) in [5.41, 5.74) is 1.08. The third kappa shape index (κ3) is 3.11. The van der Waals surface area contributed by atoms with Gasteiger partial charge in [0.05, 0.1) is 6.04 Å². The molecule has 3 atom stereocenters. The van der Waals surface area contributed by atoms with Crippen molar-refractivity contribution in [1.82, 2.24) is 24.7 Å². The quantitative estimate of drug-likeness (QED) is 0.757. The van der Waals surface area contributed by atoms with Crippen molar-refractivity contribution in [3.8, 4) is 0 Å². The van der Waals surface area contributed by atoms with Crippen LogP contribution < -0.4 is 4.90 Å². The highest BCUT2D eigenvalue weighted by Crippen LogP contribution is 2.36. The van der Waals surface area contributed by atoms with Gasteiger partial charge in [-0.3, -0.25) is 9.69 Å². The zero-order chi connectivity index (χ0) is 17.6. The Morgan fingerprint density at radius 2 is 1.76 bits per heavy atom. The first-order chi connectivity index (χ1) is 12.0. The summed E-state index contributed by atoms with van der Waals surface area (Å²) in [6, 6.07) is 0.464. The largest absolute Gasteiger partial charge is 0.339 e. The molecule has 4 heterocycles. The minimum absolute atomic E-state index is 0.0412. The number of likely N-dealkylation sites (N-methyl/N-ethyl adjacent to an activating group) is 2. The lowest BCUT2D eigenvalue weighted by Gasteiger charge is -2.36. The number of hydrogen-bond donors (Lipinski definition) is 0. The number of aromatic nitrogens is 2. The summed E-state index contributed by atoms with van der Waals surface area (Å²) in [5, 5.41) is 0. The van der Waals surface area contributed by atoms with Crippen molar-refractivity contribution in [2.24, 2.45) is 5.92 Å². The van der Waals surface area contributed by atoms with E-state index in [1.165, 1.54) is 0 Å². The van der Waals surface area contributed by atoms with Crippen molar-refractivity contribution in [3.63, 3.8) is 0 Å². The van der Waals surface area contributed by atoms with Gasteiger partial charge in [0, 0.05) is 57.7 Å². The van der Waals surface area contributed by atoms with Gasteiger partial charge in [-0.05, 0) is 38.9 Å². The Labute approximate surface area is 149 Å². The Bertz CT molecular complexity index is 627. The van der Waals surface area contributed by atoms with Crippen LogP contribution in [0.5, 0.6) is 0 Å². The summed E-state index contributed by atoms with van der Waals surface area (Å²) in [4.78, 5) is 30.8. The molecule has 25 heavy (non-hydrogen) atoms. The van der Waals surface area contributed by atoms with Crippen molar-refractivity contribution in [2.45, 2.75) is 25.4 Å². The number of amides is 1. The van der Waals surface area contributed by atoms with Crippen LogP contribution in [0.25, 0.3) is 0 Å². The third-order valence-corrected chi connectivity index (χ3v) is 6.10. The molecule has 3 aliphatic heterocycles. The molecule has 1 amide bonds. The minimum atomic E-state index is 0.0412. The van der Waals surface area contributed by atoms with Gasteiger partial charge in [-0.2, -0.15) is 0 Å². The Balaban J connectivity index is 1.39. The number of piperazine rings is 1. The lowest BCUT2D eigenvalue weighted by molar-refractivity contribution is -0.137. The molecule has 136 valence electrons. The second-order valence-electron chi connectivity index (χ2n) is 7.84. The Kier molecular flexibility index (Phi) is 4.37. The summed E-state index contributed by atoms with van der Waals surface area (Å²) in [5.74, 6) is 1.66. The number of aryl methyl sites for hydroxylation is 1. The fourth-order valence-corrected chi connectivity index (χ4v) is 4.46. The molecule has 3 aliphatic rings. The van der Waals surface area contributed by atoms with Crippen molar-refractivity contribution in [1.29, 1.82) is 0 Å². The maximum absolute atomic E-state index is 13.0. The van der Waals surface area contributed by atoms with Crippen LogP contribution in [0.4, 0.5) is 5.95 Å². The highest BCUT2D eigenvalue weighted by molar-refractivity contribution is 5.82. The summed E-state index contributed by atoms with van der Waals surface area (Å²) in [6.07, 6.45) is 4.70. The van der Waals surface area contributed by atoms with Gasteiger partial charge in [-0.15, -0.1) is 0 Å². The van der Waals surface area contributed by atoms with E-state index >= 15 is 0 Å². The molecule has 0 aliphatic carbocycles. The Morgan fingerprint density at radius 3 is 2.40 bits per heavy atom. The molecule has 7 heteroatoms. The van der Waals surface area contributed by atoms with E-state index in [0.717, 1.165) is 57.2 Å². The summed E-state index contributed by atoms with van der Waals surface area (Å²) < 4.78 is 0. The van der Waals surface area contributed by atoms with Crippen molar-refractivity contribution >= 4 is 11.9 Å². The van der Waals surface area contributed by atoms with E-state index in [9.17, 15) is 4.79 Å². The zero-order valence-electron chi connectivity index (χ0n) is 15.4. The van der Waals surface area contributed by atoms with Gasteiger partial charge >= 0.3 is 0 Å². The zero-order valence-corrected chi connectivity index (χ0v) is 15.4. The summed E-state index contributed by atoms with van der Waals surface area (Å²) in [7, 11) is 4.23. The molecule has 0 aromatic carbocycles. The number of likely N-dealkylation sites (tertiary alicyclic amines) is 1. The fourth-order valence-electron chi connectivity index (χ4n) is 4.46. The molecule has 3 saturated heterocycles. The Hall–Kier alpha value is -1.73. The van der Waals surface area contributed by atoms with E-state index in [-0.39, 0.29) is 6.04 Å². The lowest BCUT2D eigenvalue weighted by Crippen LogP contribution is -2.53. The van der Waals surface area contributed by atoms with Gasteiger partial charge in [-0.1, -0.05) is 0 Å². The third-order valence-electron chi connectivity index (χ3n) is 6.10. The predicted octanol–water partition coefficient (Wildman–Crippen LogP) is 0.0679. The van der Waals surface area contributed by atoms with E-state index in [2.05, 4.69) is 43.7 Å². The van der Waals surface area contributed by atoms with Gasteiger partial charge < -0.3 is 14.7 Å². The van der Waals surface area contributed by atoms with Gasteiger partial charge in [0.1, 0.15) is 0 Å². The number of hydrogen-bond acceptors (Lipinski definition) is 6.